The molecule has 0 spiro atoms. The first kappa shape index (κ1) is 36.0. The summed E-state index contributed by atoms with van der Waals surface area (Å²) in [6.45, 7) is 0.913. The van der Waals surface area contributed by atoms with Crippen LogP contribution in [0.15, 0.2) is 120 Å². The summed E-state index contributed by atoms with van der Waals surface area (Å²) in [5.74, 6) is 0.251. The quantitative estimate of drug-likeness (QED) is 0.123. The van der Waals surface area contributed by atoms with Crippen LogP contribution in [-0.2, 0) is 31.2 Å². The molecule has 12 nitrogen and oxygen atoms in total. The molecular formula is C40H39N3O9. The van der Waals surface area contributed by atoms with Gasteiger partial charge < -0.3 is 34.1 Å². The number of benzene rings is 4. The molecular weight excluding hydrogens is 666 g/mol. The molecule has 4 aromatic carbocycles. The van der Waals surface area contributed by atoms with Crippen molar-refractivity contribution in [2.45, 2.75) is 44.0 Å². The lowest BCUT2D eigenvalue weighted by molar-refractivity contribution is -0.142. The zero-order valence-electron chi connectivity index (χ0n) is 28.9. The molecule has 0 radical (unpaired) electrons. The van der Waals surface area contributed by atoms with Crippen LogP contribution in [-0.4, -0.2) is 59.6 Å². The maximum Gasteiger partial charge on any atom is 0.351 e. The average Bonchev–Trinajstić information content (AvgIpc) is 3.55. The van der Waals surface area contributed by atoms with Crippen molar-refractivity contribution in [2.24, 2.45) is 0 Å². The molecule has 1 aliphatic heterocycles. The number of nitrogens with one attached hydrogen (secondary N) is 1. The second kappa shape index (κ2) is 16.0. The molecule has 2 N–H and O–H groups in total. The second-order valence-corrected chi connectivity index (χ2v) is 12.2. The van der Waals surface area contributed by atoms with Crippen LogP contribution in [0.2, 0.25) is 0 Å². The Labute approximate surface area is 300 Å². The molecule has 6 rings (SSSR count). The third-order valence-electron chi connectivity index (χ3n) is 8.88. The second-order valence-electron chi connectivity index (χ2n) is 12.2. The smallest absolute Gasteiger partial charge is 0.351 e. The van der Waals surface area contributed by atoms with Crippen molar-refractivity contribution in [2.75, 3.05) is 26.1 Å². The molecule has 52 heavy (non-hydrogen) atoms. The van der Waals surface area contributed by atoms with Gasteiger partial charge in [-0.2, -0.15) is 4.98 Å². The Morgan fingerprint density at radius 3 is 1.98 bits per heavy atom. The molecule has 1 aromatic heterocycles. The molecule has 0 aliphatic carbocycles. The zero-order chi connectivity index (χ0) is 36.7. The van der Waals surface area contributed by atoms with Gasteiger partial charge in [0.05, 0.1) is 26.9 Å². The van der Waals surface area contributed by atoms with E-state index in [1.165, 1.54) is 17.7 Å². The number of aliphatic hydroxyl groups excluding tert-OH is 1. The Morgan fingerprint density at radius 2 is 1.42 bits per heavy atom. The maximum atomic E-state index is 13.4. The van der Waals surface area contributed by atoms with Crippen LogP contribution in [0.4, 0.5) is 5.82 Å². The molecule has 0 bridgehead atoms. The lowest BCUT2D eigenvalue weighted by Crippen LogP contribution is -2.38. The lowest BCUT2D eigenvalue weighted by atomic mass is 9.80. The highest BCUT2D eigenvalue weighted by atomic mass is 16.6. The van der Waals surface area contributed by atoms with Crippen LogP contribution in [0, 0.1) is 0 Å². The van der Waals surface area contributed by atoms with Crippen molar-refractivity contribution < 1.29 is 38.4 Å². The summed E-state index contributed by atoms with van der Waals surface area (Å²) in [4.78, 5) is 42.1. The molecule has 1 amide bonds. The number of anilines is 1. The largest absolute Gasteiger partial charge is 0.497 e. The van der Waals surface area contributed by atoms with E-state index in [-0.39, 0.29) is 31.0 Å². The van der Waals surface area contributed by atoms with Crippen LogP contribution < -0.4 is 20.5 Å². The molecule has 5 aromatic rings. The molecule has 268 valence electrons. The highest BCUT2D eigenvalue weighted by Gasteiger charge is 2.42. The standard InChI is InChI=1S/C40H39N3O9/c1-26(44)50-24-28-23-43(39(47)42-37(28)41-38(46)27-10-6-4-7-11-27)36-22-34(45)35(52-36)25-51-40(29-12-8-5-9-13-29,30-14-18-32(48-2)19-15-30)31-16-20-33(49-3)21-17-31/h4-21,23,34-36,45H,22,24-25H2,1-3H3,(H,41,42,46,47)/t34-,35+,36+/m0/s1. The van der Waals surface area contributed by atoms with Crippen LogP contribution in [0.1, 0.15) is 52.2 Å². The fourth-order valence-corrected chi connectivity index (χ4v) is 6.20. The number of amides is 1. The van der Waals surface area contributed by atoms with E-state index < -0.39 is 41.6 Å². The topological polar surface area (TPSA) is 147 Å². The monoisotopic (exact) mass is 705 g/mol. The van der Waals surface area contributed by atoms with Gasteiger partial charge in [-0.3, -0.25) is 14.2 Å². The Bertz CT molecular complexity index is 1990. The number of aromatic nitrogens is 2. The third-order valence-corrected chi connectivity index (χ3v) is 8.88. The summed E-state index contributed by atoms with van der Waals surface area (Å²) >= 11 is 0. The number of nitrogens with zero attached hydrogens (tertiary/aromatic N) is 2. The number of aliphatic hydroxyl groups is 1. The summed E-state index contributed by atoms with van der Waals surface area (Å²) in [7, 11) is 3.20. The number of hydrogen-bond acceptors (Lipinski definition) is 10. The minimum atomic E-state index is -1.16. The van der Waals surface area contributed by atoms with Crippen LogP contribution in [0.3, 0.4) is 0 Å². The molecule has 2 heterocycles. The summed E-state index contributed by atoms with van der Waals surface area (Å²) in [5.41, 5.74) is 1.17. The molecule has 3 atom stereocenters. The van der Waals surface area contributed by atoms with Crippen molar-refractivity contribution in [3.8, 4) is 11.5 Å². The fraction of sp³-hybridized carbons (Fsp3) is 0.250. The number of hydrogen-bond donors (Lipinski definition) is 2. The molecule has 1 saturated heterocycles. The van der Waals surface area contributed by atoms with Gasteiger partial charge in [0.15, 0.2) is 0 Å². The number of ether oxygens (including phenoxy) is 5. The van der Waals surface area contributed by atoms with E-state index in [0.29, 0.717) is 17.1 Å². The number of carbonyl (C=O) groups excluding carboxylic acids is 2. The first-order valence-electron chi connectivity index (χ1n) is 16.7. The maximum absolute atomic E-state index is 13.4. The van der Waals surface area contributed by atoms with Gasteiger partial charge >= 0.3 is 11.7 Å². The summed E-state index contributed by atoms with van der Waals surface area (Å²) in [6.07, 6.45) is -1.35. The number of esters is 1. The normalized spacial score (nSPS) is 17.0. The minimum absolute atomic E-state index is 0.0434. The zero-order valence-corrected chi connectivity index (χ0v) is 28.9. The predicted molar refractivity (Wildman–Crippen MR) is 191 cm³/mol. The highest BCUT2D eigenvalue weighted by Crippen LogP contribution is 2.42. The van der Waals surface area contributed by atoms with Gasteiger partial charge in [-0.1, -0.05) is 72.8 Å². The highest BCUT2D eigenvalue weighted by molar-refractivity contribution is 6.04. The van der Waals surface area contributed by atoms with Crippen molar-refractivity contribution in [3.05, 3.63) is 154 Å². The van der Waals surface area contributed by atoms with E-state index in [1.54, 1.807) is 44.6 Å². The van der Waals surface area contributed by atoms with Gasteiger partial charge in [-0.25, -0.2) is 4.79 Å². The number of rotatable bonds is 13. The first-order chi connectivity index (χ1) is 25.2. The molecule has 0 saturated carbocycles. The third kappa shape index (κ3) is 7.74. The first-order valence-corrected chi connectivity index (χ1v) is 16.7. The number of carbonyl (C=O) groups is 2. The van der Waals surface area contributed by atoms with E-state index in [9.17, 15) is 19.5 Å². The Morgan fingerprint density at radius 1 is 0.865 bits per heavy atom. The van der Waals surface area contributed by atoms with Crippen LogP contribution in [0.25, 0.3) is 0 Å². The van der Waals surface area contributed by atoms with Gasteiger partial charge in [0.1, 0.15) is 41.9 Å². The van der Waals surface area contributed by atoms with Crippen LogP contribution >= 0.6 is 0 Å². The Balaban J connectivity index is 1.31. The van der Waals surface area contributed by atoms with Gasteiger partial charge in [0.25, 0.3) is 5.91 Å². The van der Waals surface area contributed by atoms with Crippen molar-refractivity contribution in [3.63, 3.8) is 0 Å². The minimum Gasteiger partial charge on any atom is -0.497 e. The van der Waals surface area contributed by atoms with Gasteiger partial charge in [0, 0.05) is 30.7 Å². The van der Waals surface area contributed by atoms with E-state index in [0.717, 1.165) is 16.7 Å². The van der Waals surface area contributed by atoms with Gasteiger partial charge in [-0.15, -0.1) is 0 Å². The molecule has 1 aliphatic rings. The predicted octanol–water partition coefficient (Wildman–Crippen LogP) is 5.23. The fourth-order valence-electron chi connectivity index (χ4n) is 6.20. The van der Waals surface area contributed by atoms with Crippen molar-refractivity contribution >= 4 is 17.7 Å². The molecule has 1 fully saturated rings. The van der Waals surface area contributed by atoms with E-state index in [2.05, 4.69) is 10.3 Å². The van der Waals surface area contributed by atoms with E-state index >= 15 is 0 Å². The molecule has 12 heteroatoms. The summed E-state index contributed by atoms with van der Waals surface area (Å²) < 4.78 is 30.5. The van der Waals surface area contributed by atoms with E-state index in [4.69, 9.17) is 23.7 Å². The SMILES string of the molecule is COc1ccc(C(OC[C@H]2O[C@@H](n3cc(COC(C)=O)c(NC(=O)c4ccccc4)nc3=O)C[C@@H]2O)(c2ccccc2)c2ccc(OC)cc2)cc1. The van der Waals surface area contributed by atoms with E-state index in [1.807, 2.05) is 78.9 Å². The van der Waals surface area contributed by atoms with Gasteiger partial charge in [-0.05, 0) is 53.1 Å². The Hall–Kier alpha value is -5.82. The Kier molecular flexibility index (Phi) is 11.1. The number of methoxy groups -OCH3 is 2. The van der Waals surface area contributed by atoms with Crippen LogP contribution in [0.5, 0.6) is 11.5 Å². The summed E-state index contributed by atoms with van der Waals surface area (Å²) in [5, 5.41) is 13.9. The lowest BCUT2D eigenvalue weighted by Gasteiger charge is -2.37. The van der Waals surface area contributed by atoms with Crippen molar-refractivity contribution in [1.29, 1.82) is 0 Å². The molecule has 0 unspecified atom stereocenters. The summed E-state index contributed by atoms with van der Waals surface area (Å²) in [6, 6.07) is 33.3. The average molecular weight is 706 g/mol. The van der Waals surface area contributed by atoms with Crippen molar-refractivity contribution in [1.82, 2.24) is 9.55 Å². The van der Waals surface area contributed by atoms with Gasteiger partial charge in [0.2, 0.25) is 0 Å².